The van der Waals surface area contributed by atoms with E-state index >= 15 is 0 Å². The number of imidazole rings is 1. The average Bonchev–Trinajstić information content (AvgIpc) is 3.02. The number of benzene rings is 1. The Kier molecular flexibility index (Phi) is 5.43. The molecule has 3 rings (SSSR count). The van der Waals surface area contributed by atoms with Gasteiger partial charge in [0.25, 0.3) is 0 Å². The van der Waals surface area contributed by atoms with Crippen molar-refractivity contribution >= 4 is 16.9 Å². The molecule has 0 spiro atoms. The van der Waals surface area contributed by atoms with Gasteiger partial charge >= 0.3 is 0 Å². The normalized spacial score (nSPS) is 12.2. The van der Waals surface area contributed by atoms with Crippen LogP contribution in [-0.4, -0.2) is 27.0 Å². The topological polar surface area (TPSA) is 59.8 Å². The van der Waals surface area contributed by atoms with Crippen molar-refractivity contribution in [2.24, 2.45) is 0 Å². The number of nitrogens with one attached hydrogen (secondary N) is 1. The number of hydrogen-bond donors (Lipinski definition) is 1. The molecule has 0 aliphatic rings. The Labute approximate surface area is 148 Å². The molecule has 0 aliphatic heterocycles. The third-order valence-electron chi connectivity index (χ3n) is 4.42. The molecule has 0 bridgehead atoms. The van der Waals surface area contributed by atoms with Gasteiger partial charge in [0.05, 0.1) is 11.0 Å². The summed E-state index contributed by atoms with van der Waals surface area (Å²) in [6, 6.07) is 11.7. The molecule has 3 aromatic rings. The summed E-state index contributed by atoms with van der Waals surface area (Å²) in [6.07, 6.45) is 5.90. The third-order valence-corrected chi connectivity index (χ3v) is 4.42. The molecule has 1 atom stereocenters. The molecule has 0 fully saturated rings. The van der Waals surface area contributed by atoms with E-state index in [0.717, 1.165) is 41.7 Å². The van der Waals surface area contributed by atoms with Crippen LogP contribution in [0.1, 0.15) is 37.7 Å². The van der Waals surface area contributed by atoms with Gasteiger partial charge in [-0.1, -0.05) is 32.0 Å². The molecule has 1 aromatic carbocycles. The molecule has 2 aromatic heterocycles. The standard InChI is InChI=1S/C20H24N4O/c1-3-17(20(25)22-13-11-15-8-7-12-21-14-15)24-18-10-6-5-9-16(18)23-19(24)4-2/h5-10,12,14,17H,3-4,11,13H2,1-2H3,(H,22,25)/t17-/m0/s1. The van der Waals surface area contributed by atoms with Crippen molar-refractivity contribution in [2.45, 2.75) is 39.2 Å². The zero-order chi connectivity index (χ0) is 17.6. The number of carbonyl (C=O) groups excluding carboxylic acids is 1. The molecular weight excluding hydrogens is 312 g/mol. The largest absolute Gasteiger partial charge is 0.354 e. The van der Waals surface area contributed by atoms with Crippen molar-refractivity contribution in [3.8, 4) is 0 Å². The van der Waals surface area contributed by atoms with Crippen LogP contribution in [0.4, 0.5) is 0 Å². The van der Waals surface area contributed by atoms with E-state index in [0.29, 0.717) is 6.54 Å². The van der Waals surface area contributed by atoms with Gasteiger partial charge in [-0.2, -0.15) is 0 Å². The molecule has 1 amide bonds. The highest BCUT2D eigenvalue weighted by atomic mass is 16.2. The molecule has 5 nitrogen and oxygen atoms in total. The predicted molar refractivity (Wildman–Crippen MR) is 99.4 cm³/mol. The van der Waals surface area contributed by atoms with Crippen molar-refractivity contribution in [1.82, 2.24) is 19.9 Å². The Morgan fingerprint density at radius 1 is 1.20 bits per heavy atom. The second-order valence-electron chi connectivity index (χ2n) is 6.07. The van der Waals surface area contributed by atoms with Crippen LogP contribution < -0.4 is 5.32 Å². The quantitative estimate of drug-likeness (QED) is 0.720. The first-order chi connectivity index (χ1) is 12.2. The fourth-order valence-electron chi connectivity index (χ4n) is 3.17. The Morgan fingerprint density at radius 3 is 2.76 bits per heavy atom. The summed E-state index contributed by atoms with van der Waals surface area (Å²) in [7, 11) is 0. The van der Waals surface area contributed by atoms with E-state index in [1.54, 1.807) is 6.20 Å². The molecule has 5 heteroatoms. The molecule has 1 N–H and O–H groups in total. The summed E-state index contributed by atoms with van der Waals surface area (Å²) in [5.41, 5.74) is 3.09. The van der Waals surface area contributed by atoms with Gasteiger partial charge in [-0.3, -0.25) is 9.78 Å². The molecule has 130 valence electrons. The number of hydrogen-bond acceptors (Lipinski definition) is 3. The predicted octanol–water partition coefficient (Wildman–Crippen LogP) is 3.30. The summed E-state index contributed by atoms with van der Waals surface area (Å²) >= 11 is 0. The molecule has 0 aliphatic carbocycles. The number of carbonyl (C=O) groups is 1. The second kappa shape index (κ2) is 7.92. The van der Waals surface area contributed by atoms with E-state index in [1.165, 1.54) is 0 Å². The maximum absolute atomic E-state index is 12.8. The highest BCUT2D eigenvalue weighted by Crippen LogP contribution is 2.24. The summed E-state index contributed by atoms with van der Waals surface area (Å²) < 4.78 is 2.09. The lowest BCUT2D eigenvalue weighted by molar-refractivity contribution is -0.124. The fourth-order valence-corrected chi connectivity index (χ4v) is 3.17. The Balaban J connectivity index is 1.76. The third kappa shape index (κ3) is 3.71. The lowest BCUT2D eigenvalue weighted by Crippen LogP contribution is -2.34. The van der Waals surface area contributed by atoms with Gasteiger partial charge in [0.1, 0.15) is 11.9 Å². The number of nitrogens with zero attached hydrogens (tertiary/aromatic N) is 3. The van der Waals surface area contributed by atoms with E-state index in [1.807, 2.05) is 49.5 Å². The van der Waals surface area contributed by atoms with Gasteiger partial charge < -0.3 is 9.88 Å². The maximum atomic E-state index is 12.8. The van der Waals surface area contributed by atoms with E-state index in [2.05, 4.69) is 26.8 Å². The Bertz CT molecular complexity index is 841. The van der Waals surface area contributed by atoms with E-state index in [4.69, 9.17) is 0 Å². The smallest absolute Gasteiger partial charge is 0.243 e. The fraction of sp³-hybridized carbons (Fsp3) is 0.350. The Hall–Kier alpha value is -2.69. The summed E-state index contributed by atoms with van der Waals surface area (Å²) in [5, 5.41) is 3.07. The van der Waals surface area contributed by atoms with Gasteiger partial charge in [-0.15, -0.1) is 0 Å². The lowest BCUT2D eigenvalue weighted by atomic mass is 10.1. The van der Waals surface area contributed by atoms with Crippen LogP contribution in [-0.2, 0) is 17.6 Å². The van der Waals surface area contributed by atoms with Gasteiger partial charge in [-0.05, 0) is 36.6 Å². The lowest BCUT2D eigenvalue weighted by Gasteiger charge is -2.20. The number of rotatable bonds is 7. The number of amides is 1. The zero-order valence-corrected chi connectivity index (χ0v) is 14.8. The van der Waals surface area contributed by atoms with Crippen molar-refractivity contribution in [3.63, 3.8) is 0 Å². The maximum Gasteiger partial charge on any atom is 0.243 e. The number of aromatic nitrogens is 3. The number of aryl methyl sites for hydroxylation is 1. The zero-order valence-electron chi connectivity index (χ0n) is 14.8. The molecule has 0 unspecified atom stereocenters. The average molecular weight is 336 g/mol. The number of fused-ring (bicyclic) bond motifs is 1. The van der Waals surface area contributed by atoms with Crippen molar-refractivity contribution < 1.29 is 4.79 Å². The first-order valence-electron chi connectivity index (χ1n) is 8.87. The van der Waals surface area contributed by atoms with Crippen LogP contribution in [0, 0.1) is 0 Å². The SMILES string of the molecule is CCc1nc2ccccc2n1[C@@H](CC)C(=O)NCCc1cccnc1. The molecule has 0 saturated heterocycles. The Morgan fingerprint density at radius 2 is 2.04 bits per heavy atom. The molecular formula is C20H24N4O. The first kappa shape index (κ1) is 17.1. The van der Waals surface area contributed by atoms with Crippen molar-refractivity contribution in [3.05, 3.63) is 60.2 Å². The highest BCUT2D eigenvalue weighted by Gasteiger charge is 2.23. The molecule has 0 saturated carbocycles. The minimum absolute atomic E-state index is 0.0456. The molecule has 0 radical (unpaired) electrons. The summed E-state index contributed by atoms with van der Waals surface area (Å²) in [4.78, 5) is 21.6. The van der Waals surface area contributed by atoms with E-state index in [9.17, 15) is 4.79 Å². The molecule has 25 heavy (non-hydrogen) atoms. The molecule has 2 heterocycles. The number of pyridine rings is 1. The van der Waals surface area contributed by atoms with E-state index in [-0.39, 0.29) is 11.9 Å². The minimum atomic E-state index is -0.240. The van der Waals surface area contributed by atoms with Gasteiger partial charge in [0, 0.05) is 25.4 Å². The minimum Gasteiger partial charge on any atom is -0.354 e. The van der Waals surface area contributed by atoms with Gasteiger partial charge in [0.15, 0.2) is 0 Å². The summed E-state index contributed by atoms with van der Waals surface area (Å²) in [6.45, 7) is 4.72. The van der Waals surface area contributed by atoms with Crippen LogP contribution in [0.5, 0.6) is 0 Å². The van der Waals surface area contributed by atoms with Crippen molar-refractivity contribution in [1.29, 1.82) is 0 Å². The van der Waals surface area contributed by atoms with Crippen LogP contribution >= 0.6 is 0 Å². The van der Waals surface area contributed by atoms with Crippen molar-refractivity contribution in [2.75, 3.05) is 6.54 Å². The van der Waals surface area contributed by atoms with E-state index < -0.39 is 0 Å². The van der Waals surface area contributed by atoms with Gasteiger partial charge in [-0.25, -0.2) is 4.98 Å². The monoisotopic (exact) mass is 336 g/mol. The van der Waals surface area contributed by atoms with Crippen LogP contribution in [0.25, 0.3) is 11.0 Å². The number of para-hydroxylation sites is 2. The van der Waals surface area contributed by atoms with Gasteiger partial charge in [0.2, 0.25) is 5.91 Å². The van der Waals surface area contributed by atoms with Crippen LogP contribution in [0.2, 0.25) is 0 Å². The van der Waals surface area contributed by atoms with Crippen LogP contribution in [0.3, 0.4) is 0 Å². The van der Waals surface area contributed by atoms with Crippen LogP contribution in [0.15, 0.2) is 48.8 Å². The first-order valence-corrected chi connectivity index (χ1v) is 8.87. The summed E-state index contributed by atoms with van der Waals surface area (Å²) in [5.74, 6) is 1.000. The highest BCUT2D eigenvalue weighted by molar-refractivity contribution is 5.84. The second-order valence-corrected chi connectivity index (χ2v) is 6.07.